The van der Waals surface area contributed by atoms with Crippen molar-refractivity contribution in [3.05, 3.63) is 41.6 Å². The van der Waals surface area contributed by atoms with E-state index in [1.807, 2.05) is 18.2 Å². The zero-order valence-electron chi connectivity index (χ0n) is 10.1. The van der Waals surface area contributed by atoms with Crippen LogP contribution < -0.4 is 4.74 Å². The second-order valence-corrected chi connectivity index (χ2v) is 4.24. The van der Waals surface area contributed by atoms with Gasteiger partial charge in [-0.1, -0.05) is 11.6 Å². The minimum absolute atomic E-state index is 0. The molecule has 98 valence electrons. The Morgan fingerprint density at radius 2 is 2.11 bits per heavy atom. The summed E-state index contributed by atoms with van der Waals surface area (Å²) < 4.78 is 5.31. The maximum Gasteiger partial charge on any atom is 0.178 e. The first-order chi connectivity index (χ1) is 8.78. The second-order valence-electron chi connectivity index (χ2n) is 3.80. The fraction of sp³-hybridized carbons (Fsp3) is 0.0769. The zero-order valence-corrected chi connectivity index (χ0v) is 11.6. The summed E-state index contributed by atoms with van der Waals surface area (Å²) in [6.07, 6.45) is 1.71. The molecule has 1 N–H and O–H groups in total. The van der Waals surface area contributed by atoms with Gasteiger partial charge in [0, 0.05) is 11.2 Å². The van der Waals surface area contributed by atoms with Gasteiger partial charge in [0.25, 0.3) is 0 Å². The molecule has 0 radical (unpaired) electrons. The Balaban J connectivity index is 0.00000133. The van der Waals surface area contributed by atoms with E-state index in [4.69, 9.17) is 16.3 Å². The van der Waals surface area contributed by atoms with E-state index in [1.54, 1.807) is 25.4 Å². The van der Waals surface area contributed by atoms with Gasteiger partial charge in [-0.2, -0.15) is 0 Å². The molecular weight excluding hydrogens is 285 g/mol. The topological polar surface area (TPSA) is 50.8 Å². The summed E-state index contributed by atoms with van der Waals surface area (Å²) in [4.78, 5) is 11.8. The molecule has 0 spiro atoms. The van der Waals surface area contributed by atoms with Gasteiger partial charge in [-0.25, -0.2) is 9.97 Å². The van der Waals surface area contributed by atoms with Crippen molar-refractivity contribution in [2.24, 2.45) is 0 Å². The number of nitrogens with zero attached hydrogens (tertiary/aromatic N) is 2. The number of rotatable bonds is 2. The van der Waals surface area contributed by atoms with Gasteiger partial charge >= 0.3 is 0 Å². The molecule has 0 saturated heterocycles. The number of methoxy groups -OCH3 is 1. The summed E-state index contributed by atoms with van der Waals surface area (Å²) in [5.41, 5.74) is 2.44. The van der Waals surface area contributed by atoms with Gasteiger partial charge in [0.2, 0.25) is 0 Å². The molecule has 2 aromatic heterocycles. The lowest BCUT2D eigenvalue weighted by Gasteiger charge is -2.05. The van der Waals surface area contributed by atoms with Crippen molar-refractivity contribution in [3.63, 3.8) is 0 Å². The summed E-state index contributed by atoms with van der Waals surface area (Å²) in [5.74, 6) is 1.40. The lowest BCUT2D eigenvalue weighted by molar-refractivity contribution is 0.416. The highest BCUT2D eigenvalue weighted by Gasteiger charge is 2.11. The molecule has 0 atom stereocenters. The van der Waals surface area contributed by atoms with Crippen LogP contribution in [0.5, 0.6) is 5.75 Å². The summed E-state index contributed by atoms with van der Waals surface area (Å²) >= 11 is 5.94. The molecule has 0 bridgehead atoms. The number of fused-ring (bicyclic) bond motifs is 1. The molecule has 0 fully saturated rings. The van der Waals surface area contributed by atoms with Gasteiger partial charge in [-0.3, -0.25) is 0 Å². The molecule has 1 aromatic carbocycles. The van der Waals surface area contributed by atoms with E-state index in [9.17, 15) is 0 Å². The van der Waals surface area contributed by atoms with Crippen LogP contribution in [0.15, 0.2) is 36.5 Å². The molecule has 2 heterocycles. The second kappa shape index (κ2) is 5.47. The summed E-state index contributed by atoms with van der Waals surface area (Å²) in [6, 6.07) is 9.24. The normalized spacial score (nSPS) is 10.2. The molecule has 4 nitrogen and oxygen atoms in total. The number of nitrogens with one attached hydrogen (secondary N) is 1. The van der Waals surface area contributed by atoms with E-state index in [2.05, 4.69) is 15.0 Å². The van der Waals surface area contributed by atoms with Crippen LogP contribution in [0.2, 0.25) is 5.02 Å². The number of halogens is 2. The number of imidazole rings is 1. The van der Waals surface area contributed by atoms with E-state index in [0.29, 0.717) is 16.4 Å². The molecule has 0 amide bonds. The van der Waals surface area contributed by atoms with Crippen molar-refractivity contribution in [2.45, 2.75) is 0 Å². The Morgan fingerprint density at radius 1 is 1.26 bits per heavy atom. The number of hydrogen-bond acceptors (Lipinski definition) is 3. The quantitative estimate of drug-likeness (QED) is 0.784. The van der Waals surface area contributed by atoms with E-state index in [0.717, 1.165) is 16.9 Å². The summed E-state index contributed by atoms with van der Waals surface area (Å²) in [6.45, 7) is 0. The molecule has 0 unspecified atom stereocenters. The van der Waals surface area contributed by atoms with Gasteiger partial charge in [0.05, 0.1) is 18.2 Å². The smallest absolute Gasteiger partial charge is 0.178 e. The molecule has 0 saturated carbocycles. The van der Waals surface area contributed by atoms with Crippen LogP contribution in [0.25, 0.3) is 22.6 Å². The third-order valence-corrected chi connectivity index (χ3v) is 2.91. The Hall–Kier alpha value is -1.78. The first-order valence-corrected chi connectivity index (χ1v) is 5.80. The zero-order chi connectivity index (χ0) is 12.5. The lowest BCUT2D eigenvalue weighted by atomic mass is 10.2. The van der Waals surface area contributed by atoms with E-state index < -0.39 is 0 Å². The molecule has 0 aliphatic carbocycles. The molecule has 6 heteroatoms. The fourth-order valence-electron chi connectivity index (χ4n) is 1.83. The Bertz CT molecular complexity index is 679. The van der Waals surface area contributed by atoms with Crippen LogP contribution in [0.3, 0.4) is 0 Å². The van der Waals surface area contributed by atoms with Crippen LogP contribution in [-0.2, 0) is 0 Å². The number of ether oxygens (including phenoxy) is 1. The van der Waals surface area contributed by atoms with Crippen LogP contribution in [0, 0.1) is 0 Å². The maximum atomic E-state index is 5.94. The number of benzene rings is 1. The minimum atomic E-state index is 0. The molecule has 0 aliphatic rings. The highest BCUT2D eigenvalue weighted by molar-refractivity contribution is 6.30. The first-order valence-electron chi connectivity index (χ1n) is 5.42. The molecule has 3 rings (SSSR count). The van der Waals surface area contributed by atoms with Crippen LogP contribution in [-0.4, -0.2) is 22.1 Å². The van der Waals surface area contributed by atoms with Gasteiger partial charge < -0.3 is 9.72 Å². The standard InChI is InChI=1S/C13H10ClN3O.ClH/c1-18-11-7-8(14)4-5-9(11)12-16-10-3-2-6-15-13(10)17-12;/h2-7H,1H3,(H,15,16,17);1H. The third kappa shape index (κ3) is 2.50. The predicted octanol–water partition coefficient (Wildman–Crippen LogP) is 3.71. The van der Waals surface area contributed by atoms with Crippen LogP contribution in [0.4, 0.5) is 0 Å². The molecule has 0 aliphatic heterocycles. The third-order valence-electron chi connectivity index (χ3n) is 2.68. The van der Waals surface area contributed by atoms with E-state index >= 15 is 0 Å². The fourth-order valence-corrected chi connectivity index (χ4v) is 2.00. The van der Waals surface area contributed by atoms with Gasteiger partial charge in [-0.05, 0) is 30.3 Å². The van der Waals surface area contributed by atoms with Crippen molar-refractivity contribution < 1.29 is 4.74 Å². The van der Waals surface area contributed by atoms with E-state index in [1.165, 1.54) is 0 Å². The SMILES string of the molecule is COc1cc(Cl)ccc1-c1nc2ncccc2[nH]1.Cl. The molecular formula is C13H11Cl2N3O. The highest BCUT2D eigenvalue weighted by Crippen LogP contribution is 2.31. The van der Waals surface area contributed by atoms with Gasteiger partial charge in [-0.15, -0.1) is 12.4 Å². The lowest BCUT2D eigenvalue weighted by Crippen LogP contribution is -1.89. The number of hydrogen-bond donors (Lipinski definition) is 1. The van der Waals surface area contributed by atoms with E-state index in [-0.39, 0.29) is 12.4 Å². The largest absolute Gasteiger partial charge is 0.496 e. The van der Waals surface area contributed by atoms with Crippen molar-refractivity contribution in [1.29, 1.82) is 0 Å². The minimum Gasteiger partial charge on any atom is -0.496 e. The Morgan fingerprint density at radius 3 is 2.84 bits per heavy atom. The Labute approximate surface area is 121 Å². The van der Waals surface area contributed by atoms with Crippen molar-refractivity contribution in [1.82, 2.24) is 15.0 Å². The van der Waals surface area contributed by atoms with Crippen molar-refractivity contribution in [2.75, 3.05) is 7.11 Å². The van der Waals surface area contributed by atoms with Crippen LogP contribution in [0.1, 0.15) is 0 Å². The van der Waals surface area contributed by atoms with Gasteiger partial charge in [0.15, 0.2) is 5.65 Å². The summed E-state index contributed by atoms with van der Waals surface area (Å²) in [7, 11) is 1.61. The monoisotopic (exact) mass is 295 g/mol. The maximum absolute atomic E-state index is 5.94. The predicted molar refractivity (Wildman–Crippen MR) is 78.1 cm³/mol. The molecule has 3 aromatic rings. The number of aromatic amines is 1. The van der Waals surface area contributed by atoms with Crippen molar-refractivity contribution >= 4 is 35.2 Å². The van der Waals surface area contributed by atoms with Crippen LogP contribution >= 0.6 is 24.0 Å². The first kappa shape index (κ1) is 13.6. The highest BCUT2D eigenvalue weighted by atomic mass is 35.5. The summed E-state index contributed by atoms with van der Waals surface area (Å²) in [5, 5.41) is 0.629. The Kier molecular flexibility index (Phi) is 3.93. The van der Waals surface area contributed by atoms with Gasteiger partial charge in [0.1, 0.15) is 11.6 Å². The number of pyridine rings is 1. The van der Waals surface area contributed by atoms with Crippen molar-refractivity contribution in [3.8, 4) is 17.1 Å². The molecule has 19 heavy (non-hydrogen) atoms. The number of H-pyrrole nitrogens is 1. The number of aromatic nitrogens is 3. The average molecular weight is 296 g/mol. The average Bonchev–Trinajstić information content (AvgIpc) is 2.82.